The smallest absolute Gasteiger partial charge is 0.0449 e. The Morgan fingerprint density at radius 1 is 1.18 bits per heavy atom. The molecular formula is C10H9Cl. The van der Waals surface area contributed by atoms with E-state index in [-0.39, 0.29) is 5.41 Å². The van der Waals surface area contributed by atoms with Crippen LogP contribution >= 0.6 is 11.6 Å². The van der Waals surface area contributed by atoms with Gasteiger partial charge in [0.05, 0.1) is 0 Å². The summed E-state index contributed by atoms with van der Waals surface area (Å²) in [5, 5.41) is 0.861. The molecule has 11 heavy (non-hydrogen) atoms. The summed E-state index contributed by atoms with van der Waals surface area (Å²) >= 11 is 6.01. The van der Waals surface area contributed by atoms with Crippen LogP contribution in [0.25, 0.3) is 0 Å². The molecule has 0 spiro atoms. The third kappa shape index (κ3) is 1.08. The average molecular weight is 165 g/mol. The van der Waals surface area contributed by atoms with Gasteiger partial charge in [0.2, 0.25) is 0 Å². The zero-order valence-corrected chi connectivity index (χ0v) is 7.10. The zero-order chi connectivity index (χ0) is 7.90. The van der Waals surface area contributed by atoms with E-state index in [2.05, 4.69) is 25.1 Å². The molecule has 0 aliphatic heterocycles. The Balaban J connectivity index is 2.45. The highest BCUT2D eigenvalue weighted by Crippen LogP contribution is 2.40. The first kappa shape index (κ1) is 6.93. The molecule has 0 bridgehead atoms. The van der Waals surface area contributed by atoms with Crippen LogP contribution in [-0.2, 0) is 5.41 Å². The second-order valence-electron chi connectivity index (χ2n) is 3.10. The summed E-state index contributed by atoms with van der Waals surface area (Å²) in [6.45, 7) is 2.16. The fourth-order valence-corrected chi connectivity index (χ4v) is 1.54. The van der Waals surface area contributed by atoms with Crippen molar-refractivity contribution in [2.75, 3.05) is 0 Å². The summed E-state index contributed by atoms with van der Waals surface area (Å²) in [7, 11) is 0. The Bertz CT molecular complexity index is 306. The van der Waals surface area contributed by atoms with Crippen molar-refractivity contribution in [3.05, 3.63) is 47.0 Å². The van der Waals surface area contributed by atoms with Crippen LogP contribution in [0.2, 0.25) is 5.02 Å². The van der Waals surface area contributed by atoms with Gasteiger partial charge in [-0.2, -0.15) is 0 Å². The Kier molecular flexibility index (Phi) is 1.33. The molecule has 2 rings (SSSR count). The number of allylic oxidation sites excluding steroid dienone is 2. The van der Waals surface area contributed by atoms with Gasteiger partial charge in [0.1, 0.15) is 0 Å². The molecule has 0 saturated heterocycles. The average Bonchev–Trinajstić information content (AvgIpc) is 2.70. The van der Waals surface area contributed by atoms with Crippen LogP contribution < -0.4 is 0 Å². The van der Waals surface area contributed by atoms with Crippen LogP contribution in [0, 0.1) is 0 Å². The van der Waals surface area contributed by atoms with E-state index in [0.717, 1.165) is 5.02 Å². The number of hydrogen-bond acceptors (Lipinski definition) is 0. The first-order valence-corrected chi connectivity index (χ1v) is 4.05. The molecule has 0 nitrogen and oxygen atoms in total. The fraction of sp³-hybridized carbons (Fsp3) is 0.200. The maximum atomic E-state index is 6.01. The Morgan fingerprint density at radius 3 is 2.36 bits per heavy atom. The van der Waals surface area contributed by atoms with Gasteiger partial charge in [-0.15, -0.1) is 0 Å². The molecule has 1 heteroatoms. The Hall–Kier alpha value is -0.750. The molecule has 0 unspecified atom stereocenters. The lowest BCUT2D eigenvalue weighted by molar-refractivity contribution is 0.872. The van der Waals surface area contributed by atoms with Gasteiger partial charge in [0.15, 0.2) is 0 Å². The van der Waals surface area contributed by atoms with Crippen LogP contribution in [0.5, 0.6) is 0 Å². The maximum absolute atomic E-state index is 6.01. The van der Waals surface area contributed by atoms with E-state index in [1.807, 2.05) is 18.2 Å². The summed E-state index contributed by atoms with van der Waals surface area (Å²) in [6.07, 6.45) is 4.32. The second kappa shape index (κ2) is 2.12. The minimum atomic E-state index is 0.151. The molecule has 0 atom stereocenters. The van der Waals surface area contributed by atoms with E-state index < -0.39 is 0 Å². The topological polar surface area (TPSA) is 0 Å². The molecule has 56 valence electrons. The van der Waals surface area contributed by atoms with Gasteiger partial charge in [0.25, 0.3) is 0 Å². The molecule has 1 aromatic carbocycles. The van der Waals surface area contributed by atoms with Crippen molar-refractivity contribution in [3.63, 3.8) is 0 Å². The summed E-state index contributed by atoms with van der Waals surface area (Å²) in [6, 6.07) is 7.98. The molecular weight excluding hydrogens is 156 g/mol. The molecule has 0 fully saturated rings. The lowest BCUT2D eigenvalue weighted by atomic mass is 9.96. The van der Waals surface area contributed by atoms with Crippen LogP contribution in [0.4, 0.5) is 0 Å². The summed E-state index contributed by atoms with van der Waals surface area (Å²) in [5.41, 5.74) is 1.36. The van der Waals surface area contributed by atoms with Crippen molar-refractivity contribution in [2.24, 2.45) is 0 Å². The number of benzene rings is 1. The minimum absolute atomic E-state index is 0.151. The SMILES string of the molecule is CC1(c2ccccc2Cl)C=C1. The molecule has 0 heterocycles. The third-order valence-corrected chi connectivity index (χ3v) is 2.45. The van der Waals surface area contributed by atoms with Crippen molar-refractivity contribution in [2.45, 2.75) is 12.3 Å². The molecule has 0 amide bonds. The van der Waals surface area contributed by atoms with Gasteiger partial charge in [-0.25, -0.2) is 0 Å². The third-order valence-electron chi connectivity index (χ3n) is 2.12. The molecule has 0 N–H and O–H groups in total. The highest BCUT2D eigenvalue weighted by atomic mass is 35.5. The first-order valence-electron chi connectivity index (χ1n) is 3.68. The summed E-state index contributed by atoms with van der Waals surface area (Å²) in [4.78, 5) is 0. The Labute approximate surface area is 71.5 Å². The van der Waals surface area contributed by atoms with Crippen molar-refractivity contribution in [3.8, 4) is 0 Å². The van der Waals surface area contributed by atoms with E-state index in [1.165, 1.54) is 5.56 Å². The number of halogens is 1. The van der Waals surface area contributed by atoms with E-state index in [4.69, 9.17) is 11.6 Å². The zero-order valence-electron chi connectivity index (χ0n) is 6.34. The van der Waals surface area contributed by atoms with E-state index in [9.17, 15) is 0 Å². The fourth-order valence-electron chi connectivity index (χ4n) is 1.20. The van der Waals surface area contributed by atoms with E-state index in [1.54, 1.807) is 0 Å². The van der Waals surface area contributed by atoms with E-state index in [0.29, 0.717) is 0 Å². The highest BCUT2D eigenvalue weighted by molar-refractivity contribution is 6.31. The molecule has 0 radical (unpaired) electrons. The van der Waals surface area contributed by atoms with Crippen LogP contribution in [-0.4, -0.2) is 0 Å². The molecule has 1 aliphatic rings. The number of hydrogen-bond donors (Lipinski definition) is 0. The molecule has 1 aromatic rings. The lowest BCUT2D eigenvalue weighted by Gasteiger charge is -2.10. The predicted octanol–water partition coefficient (Wildman–Crippen LogP) is 3.17. The quantitative estimate of drug-likeness (QED) is 0.560. The maximum Gasteiger partial charge on any atom is 0.0449 e. The van der Waals surface area contributed by atoms with Gasteiger partial charge in [-0.05, 0) is 18.6 Å². The molecule has 0 aromatic heterocycles. The van der Waals surface area contributed by atoms with Crippen molar-refractivity contribution >= 4 is 11.6 Å². The second-order valence-corrected chi connectivity index (χ2v) is 3.50. The largest absolute Gasteiger partial charge is 0.0840 e. The van der Waals surface area contributed by atoms with Crippen molar-refractivity contribution < 1.29 is 0 Å². The van der Waals surface area contributed by atoms with Gasteiger partial charge < -0.3 is 0 Å². The van der Waals surface area contributed by atoms with Gasteiger partial charge in [0, 0.05) is 10.4 Å². The molecule has 0 saturated carbocycles. The first-order chi connectivity index (χ1) is 5.22. The number of rotatable bonds is 1. The van der Waals surface area contributed by atoms with Crippen molar-refractivity contribution in [1.82, 2.24) is 0 Å². The van der Waals surface area contributed by atoms with Crippen LogP contribution in [0.3, 0.4) is 0 Å². The molecule has 1 aliphatic carbocycles. The highest BCUT2D eigenvalue weighted by Gasteiger charge is 2.31. The monoisotopic (exact) mass is 164 g/mol. The standard InChI is InChI=1S/C10H9Cl/c1-10(6-7-10)8-4-2-3-5-9(8)11/h2-7H,1H3. The lowest BCUT2D eigenvalue weighted by Crippen LogP contribution is -2.01. The van der Waals surface area contributed by atoms with Gasteiger partial charge in [-0.3, -0.25) is 0 Å². The summed E-state index contributed by atoms with van der Waals surface area (Å²) in [5.74, 6) is 0. The minimum Gasteiger partial charge on any atom is -0.0840 e. The van der Waals surface area contributed by atoms with Crippen LogP contribution in [0.1, 0.15) is 12.5 Å². The van der Waals surface area contributed by atoms with Gasteiger partial charge in [-0.1, -0.05) is 42.0 Å². The Morgan fingerprint density at radius 2 is 1.82 bits per heavy atom. The van der Waals surface area contributed by atoms with Crippen LogP contribution in [0.15, 0.2) is 36.4 Å². The normalized spacial score (nSPS) is 18.4. The van der Waals surface area contributed by atoms with E-state index >= 15 is 0 Å². The van der Waals surface area contributed by atoms with Crippen molar-refractivity contribution in [1.29, 1.82) is 0 Å². The summed E-state index contributed by atoms with van der Waals surface area (Å²) < 4.78 is 0. The van der Waals surface area contributed by atoms with Gasteiger partial charge >= 0.3 is 0 Å². The predicted molar refractivity (Wildman–Crippen MR) is 47.9 cm³/mol.